The van der Waals surface area contributed by atoms with Gasteiger partial charge in [0, 0.05) is 0 Å². The number of carboxylic acid groups (broad SMARTS) is 1. The number of benzene rings is 3. The summed E-state index contributed by atoms with van der Waals surface area (Å²) in [5.41, 5.74) is 0.733. The molecule has 0 unspecified atom stereocenters. The third-order valence-electron chi connectivity index (χ3n) is 4.25. The van der Waals surface area contributed by atoms with Crippen LogP contribution < -0.4 is 5.32 Å². The average molecular weight is 469 g/mol. The Hall–Kier alpha value is -2.24. The first-order valence-electron chi connectivity index (χ1n) is 8.33. The zero-order valence-corrected chi connectivity index (χ0v) is 17.7. The van der Waals surface area contributed by atoms with Crippen molar-refractivity contribution < 1.29 is 14.7 Å². The lowest BCUT2D eigenvalue weighted by Crippen LogP contribution is -2.31. The monoisotopic (exact) mass is 467 g/mol. The molecule has 0 saturated carbocycles. The minimum Gasteiger partial charge on any atom is -0.478 e. The van der Waals surface area contributed by atoms with Crippen LogP contribution >= 0.6 is 46.4 Å². The topological polar surface area (TPSA) is 66.4 Å². The lowest BCUT2D eigenvalue weighted by molar-refractivity contribution is 0.0691. The van der Waals surface area contributed by atoms with Gasteiger partial charge < -0.3 is 10.4 Å². The molecule has 3 aromatic rings. The molecule has 0 bridgehead atoms. The predicted octanol–water partition coefficient (Wildman–Crippen LogP) is 6.52. The number of carbonyl (C=O) groups is 2. The summed E-state index contributed by atoms with van der Waals surface area (Å²) in [5.74, 6) is -2.19. The van der Waals surface area contributed by atoms with Gasteiger partial charge in [0.1, 0.15) is 0 Å². The molecule has 148 valence electrons. The Balaban J connectivity index is 2.12. The van der Waals surface area contributed by atoms with Crippen LogP contribution in [0.15, 0.2) is 60.7 Å². The third-order valence-corrected chi connectivity index (χ3v) is 6.05. The van der Waals surface area contributed by atoms with E-state index in [0.29, 0.717) is 0 Å². The summed E-state index contributed by atoms with van der Waals surface area (Å²) in [6.07, 6.45) is 0. The number of carbonyl (C=O) groups excluding carboxylic acids is 1. The number of halogens is 4. The van der Waals surface area contributed by atoms with Gasteiger partial charge in [-0.15, -0.1) is 0 Å². The lowest BCUT2D eigenvalue weighted by Gasteiger charge is -2.21. The quantitative estimate of drug-likeness (QED) is 0.331. The van der Waals surface area contributed by atoms with Gasteiger partial charge in [-0.05, 0) is 11.1 Å². The number of rotatable bonds is 5. The maximum Gasteiger partial charge on any atom is 0.338 e. The van der Waals surface area contributed by atoms with Crippen LogP contribution in [0.25, 0.3) is 0 Å². The third kappa shape index (κ3) is 4.36. The second-order valence-electron chi connectivity index (χ2n) is 6.04. The van der Waals surface area contributed by atoms with Crippen molar-refractivity contribution >= 4 is 58.3 Å². The van der Waals surface area contributed by atoms with E-state index in [2.05, 4.69) is 5.32 Å². The van der Waals surface area contributed by atoms with Crippen molar-refractivity contribution in [3.05, 3.63) is 103 Å². The first-order chi connectivity index (χ1) is 13.8. The maximum absolute atomic E-state index is 13.1. The Bertz CT molecular complexity index is 1030. The minimum absolute atomic E-state index is 0.190. The van der Waals surface area contributed by atoms with E-state index in [1.54, 1.807) is 0 Å². The van der Waals surface area contributed by atoms with Crippen LogP contribution in [-0.4, -0.2) is 17.0 Å². The summed E-state index contributed by atoms with van der Waals surface area (Å²) in [4.78, 5) is 24.9. The molecule has 0 heterocycles. The molecule has 2 N–H and O–H groups in total. The number of aromatic carboxylic acids is 1. The first-order valence-corrected chi connectivity index (χ1v) is 9.84. The van der Waals surface area contributed by atoms with Gasteiger partial charge in [-0.25, -0.2) is 4.79 Å². The zero-order chi connectivity index (χ0) is 21.1. The van der Waals surface area contributed by atoms with Crippen molar-refractivity contribution in [2.24, 2.45) is 0 Å². The van der Waals surface area contributed by atoms with E-state index in [1.807, 2.05) is 60.7 Å². The highest BCUT2D eigenvalue weighted by Crippen LogP contribution is 2.41. The average Bonchev–Trinajstić information content (AvgIpc) is 2.73. The van der Waals surface area contributed by atoms with Crippen LogP contribution in [0.3, 0.4) is 0 Å². The van der Waals surface area contributed by atoms with E-state index in [4.69, 9.17) is 46.4 Å². The predicted molar refractivity (Wildman–Crippen MR) is 116 cm³/mol. The van der Waals surface area contributed by atoms with Gasteiger partial charge in [0.25, 0.3) is 5.91 Å². The Labute approximate surface area is 187 Å². The van der Waals surface area contributed by atoms with Crippen LogP contribution in [0.5, 0.6) is 0 Å². The number of carboxylic acids is 1. The highest BCUT2D eigenvalue weighted by atomic mass is 35.5. The van der Waals surface area contributed by atoms with Crippen molar-refractivity contribution in [1.29, 1.82) is 0 Å². The molecular weight excluding hydrogens is 456 g/mol. The number of nitrogens with one attached hydrogen (secondary N) is 1. The molecule has 0 aliphatic heterocycles. The number of amides is 1. The van der Waals surface area contributed by atoms with Gasteiger partial charge in [-0.1, -0.05) is 107 Å². The Morgan fingerprint density at radius 3 is 1.52 bits per heavy atom. The summed E-state index contributed by atoms with van der Waals surface area (Å²) >= 11 is 24.3. The molecule has 0 saturated heterocycles. The summed E-state index contributed by atoms with van der Waals surface area (Å²) in [6.45, 7) is 0. The fraction of sp³-hybridized carbons (Fsp3) is 0.0476. The van der Waals surface area contributed by atoms with Crippen LogP contribution in [0.1, 0.15) is 37.9 Å². The van der Waals surface area contributed by atoms with E-state index in [9.17, 15) is 14.7 Å². The van der Waals surface area contributed by atoms with Gasteiger partial charge in [0.05, 0.1) is 37.3 Å². The van der Waals surface area contributed by atoms with E-state index in [-0.39, 0.29) is 25.7 Å². The normalized spacial score (nSPS) is 10.8. The SMILES string of the molecule is O=C(O)c1c(Cl)c(Cl)c(Cl)c(Cl)c1C(=O)NC(c1ccccc1)c1ccccc1. The Kier molecular flexibility index (Phi) is 6.70. The van der Waals surface area contributed by atoms with E-state index < -0.39 is 23.5 Å². The molecule has 0 aromatic heterocycles. The van der Waals surface area contributed by atoms with Crippen LogP contribution in [0, 0.1) is 0 Å². The fourth-order valence-electron chi connectivity index (χ4n) is 2.90. The molecular formula is C21H13Cl4NO3. The minimum atomic E-state index is -1.45. The Morgan fingerprint density at radius 2 is 1.10 bits per heavy atom. The smallest absolute Gasteiger partial charge is 0.338 e. The highest BCUT2D eigenvalue weighted by Gasteiger charge is 2.30. The largest absolute Gasteiger partial charge is 0.478 e. The summed E-state index contributed by atoms with van der Waals surface area (Å²) in [7, 11) is 0. The molecule has 0 atom stereocenters. The van der Waals surface area contributed by atoms with Crippen molar-refractivity contribution in [2.75, 3.05) is 0 Å². The van der Waals surface area contributed by atoms with Crippen molar-refractivity contribution in [3.8, 4) is 0 Å². The molecule has 8 heteroatoms. The van der Waals surface area contributed by atoms with Gasteiger partial charge in [-0.2, -0.15) is 0 Å². The number of hydrogen-bond acceptors (Lipinski definition) is 2. The maximum atomic E-state index is 13.1. The van der Waals surface area contributed by atoms with Crippen molar-refractivity contribution in [2.45, 2.75) is 6.04 Å². The summed E-state index contributed by atoms with van der Waals surface area (Å²) in [6, 6.07) is 17.9. The van der Waals surface area contributed by atoms with Crippen molar-refractivity contribution in [3.63, 3.8) is 0 Å². The summed E-state index contributed by atoms with van der Waals surface area (Å²) < 4.78 is 0. The Morgan fingerprint density at radius 1 is 0.690 bits per heavy atom. The van der Waals surface area contributed by atoms with E-state index >= 15 is 0 Å². The van der Waals surface area contributed by atoms with E-state index in [0.717, 1.165) is 11.1 Å². The fourth-order valence-corrected chi connectivity index (χ4v) is 3.92. The van der Waals surface area contributed by atoms with Gasteiger partial charge in [0.15, 0.2) is 0 Å². The standard InChI is InChI=1S/C21H13Cl4NO3/c22-15-13(14(21(28)29)16(23)18(25)17(15)24)20(27)26-19(11-7-3-1-4-8-11)12-9-5-2-6-10-12/h1-10,19H,(H,26,27)(H,28,29). The molecule has 29 heavy (non-hydrogen) atoms. The molecule has 3 aromatic carbocycles. The molecule has 0 fully saturated rings. The molecule has 0 aliphatic carbocycles. The van der Waals surface area contributed by atoms with Crippen LogP contribution in [0.2, 0.25) is 20.1 Å². The lowest BCUT2D eigenvalue weighted by atomic mass is 9.97. The molecule has 0 spiro atoms. The second-order valence-corrected chi connectivity index (χ2v) is 7.55. The first kappa shape index (κ1) is 21.5. The molecule has 0 radical (unpaired) electrons. The van der Waals surface area contributed by atoms with Gasteiger partial charge in [0.2, 0.25) is 0 Å². The highest BCUT2D eigenvalue weighted by molar-refractivity contribution is 6.54. The second kappa shape index (κ2) is 9.06. The number of hydrogen-bond donors (Lipinski definition) is 2. The van der Waals surface area contributed by atoms with Crippen molar-refractivity contribution in [1.82, 2.24) is 5.32 Å². The molecule has 4 nitrogen and oxygen atoms in total. The van der Waals surface area contributed by atoms with Gasteiger partial charge >= 0.3 is 5.97 Å². The molecule has 3 rings (SSSR count). The summed E-state index contributed by atoms with van der Waals surface area (Å²) in [5, 5.41) is 11.4. The van der Waals surface area contributed by atoms with Crippen LogP contribution in [-0.2, 0) is 0 Å². The molecule has 1 amide bonds. The molecule has 0 aliphatic rings. The van der Waals surface area contributed by atoms with E-state index in [1.165, 1.54) is 0 Å². The van der Waals surface area contributed by atoms with Crippen LogP contribution in [0.4, 0.5) is 0 Å². The zero-order valence-electron chi connectivity index (χ0n) is 14.6. The van der Waals surface area contributed by atoms with Gasteiger partial charge in [-0.3, -0.25) is 4.79 Å².